The van der Waals surface area contributed by atoms with Crippen LogP contribution >= 0.6 is 11.8 Å². The highest BCUT2D eigenvalue weighted by Gasteiger charge is 2.34. The maximum absolute atomic E-state index is 12.5. The van der Waals surface area contributed by atoms with E-state index in [0.29, 0.717) is 11.4 Å². The fourth-order valence-electron chi connectivity index (χ4n) is 2.66. The zero-order valence-corrected chi connectivity index (χ0v) is 14.8. The van der Waals surface area contributed by atoms with Gasteiger partial charge in [0, 0.05) is 6.54 Å². The van der Waals surface area contributed by atoms with Gasteiger partial charge in [-0.2, -0.15) is 0 Å². The van der Waals surface area contributed by atoms with E-state index in [1.54, 1.807) is 13.2 Å². The molecule has 5 heteroatoms. The van der Waals surface area contributed by atoms with Gasteiger partial charge in [0.25, 0.3) is 11.1 Å². The van der Waals surface area contributed by atoms with Gasteiger partial charge in [-0.05, 0) is 53.9 Å². The minimum absolute atomic E-state index is 0.202. The van der Waals surface area contributed by atoms with E-state index in [-0.39, 0.29) is 11.1 Å². The molecule has 0 bridgehead atoms. The molecule has 0 spiro atoms. The molecule has 0 saturated carbocycles. The van der Waals surface area contributed by atoms with Crippen molar-refractivity contribution in [2.45, 2.75) is 12.8 Å². The van der Waals surface area contributed by atoms with E-state index in [4.69, 9.17) is 4.74 Å². The predicted molar refractivity (Wildman–Crippen MR) is 100 cm³/mol. The number of aryl methyl sites for hydroxylation is 1. The number of hydrogen-bond acceptors (Lipinski definition) is 4. The topological polar surface area (TPSA) is 46.6 Å². The summed E-state index contributed by atoms with van der Waals surface area (Å²) in [6.45, 7) is 0.439. The van der Waals surface area contributed by atoms with Crippen LogP contribution in [0.2, 0.25) is 0 Å². The molecule has 1 fully saturated rings. The van der Waals surface area contributed by atoms with Crippen LogP contribution in [0.15, 0.2) is 59.5 Å². The van der Waals surface area contributed by atoms with Crippen molar-refractivity contribution in [3.8, 4) is 5.75 Å². The van der Waals surface area contributed by atoms with E-state index < -0.39 is 0 Å². The van der Waals surface area contributed by atoms with E-state index in [1.807, 2.05) is 42.5 Å². The van der Waals surface area contributed by atoms with E-state index in [0.717, 1.165) is 35.9 Å². The van der Waals surface area contributed by atoms with Crippen molar-refractivity contribution in [2.75, 3.05) is 13.7 Å². The molecule has 3 rings (SSSR count). The Balaban J connectivity index is 1.64. The second-order valence-electron chi connectivity index (χ2n) is 5.70. The summed E-state index contributed by atoms with van der Waals surface area (Å²) >= 11 is 0.994. The summed E-state index contributed by atoms with van der Waals surface area (Å²) < 4.78 is 5.19. The van der Waals surface area contributed by atoms with Gasteiger partial charge in [0.15, 0.2) is 0 Å². The van der Waals surface area contributed by atoms with Crippen LogP contribution in [0.1, 0.15) is 17.5 Å². The molecule has 0 atom stereocenters. The minimum atomic E-state index is -0.217. The number of methoxy groups -OCH3 is 1. The first-order valence-corrected chi connectivity index (χ1v) is 8.92. The molecule has 2 amide bonds. The van der Waals surface area contributed by atoms with Crippen molar-refractivity contribution < 1.29 is 14.3 Å². The molecule has 0 aromatic heterocycles. The van der Waals surface area contributed by atoms with Crippen molar-refractivity contribution in [3.05, 3.63) is 70.6 Å². The van der Waals surface area contributed by atoms with Crippen LogP contribution in [0.3, 0.4) is 0 Å². The van der Waals surface area contributed by atoms with Gasteiger partial charge < -0.3 is 4.74 Å². The Morgan fingerprint density at radius 3 is 2.64 bits per heavy atom. The summed E-state index contributed by atoms with van der Waals surface area (Å²) in [6.07, 6.45) is 3.34. The Hall–Kier alpha value is -2.53. The van der Waals surface area contributed by atoms with Gasteiger partial charge >= 0.3 is 0 Å². The van der Waals surface area contributed by atoms with Gasteiger partial charge in [-0.15, -0.1) is 0 Å². The highest BCUT2D eigenvalue weighted by atomic mass is 32.2. The number of carbonyl (C=O) groups is 2. The minimum Gasteiger partial charge on any atom is -0.497 e. The fraction of sp³-hybridized carbons (Fsp3) is 0.200. The van der Waals surface area contributed by atoms with Gasteiger partial charge in [-0.1, -0.05) is 42.5 Å². The zero-order valence-electron chi connectivity index (χ0n) is 14.0. The van der Waals surface area contributed by atoms with Gasteiger partial charge in [-0.25, -0.2) is 0 Å². The van der Waals surface area contributed by atoms with Crippen LogP contribution in [0.5, 0.6) is 5.75 Å². The number of ether oxygens (including phenoxy) is 1. The largest absolute Gasteiger partial charge is 0.497 e. The number of benzene rings is 2. The Kier molecular flexibility index (Phi) is 5.56. The number of carbonyl (C=O) groups excluding carboxylic acids is 2. The molecule has 0 aliphatic carbocycles. The number of amides is 2. The van der Waals surface area contributed by atoms with Crippen LogP contribution in [-0.4, -0.2) is 29.7 Å². The number of imide groups is 1. The maximum atomic E-state index is 12.5. The summed E-state index contributed by atoms with van der Waals surface area (Å²) in [7, 11) is 1.60. The molecule has 0 unspecified atom stereocenters. The lowest BCUT2D eigenvalue weighted by Gasteiger charge is -2.12. The third-order valence-corrected chi connectivity index (χ3v) is 4.86. The van der Waals surface area contributed by atoms with E-state index in [1.165, 1.54) is 10.5 Å². The molecule has 1 aliphatic heterocycles. The number of hydrogen-bond donors (Lipinski definition) is 0. The zero-order chi connectivity index (χ0) is 17.6. The average molecular weight is 353 g/mol. The van der Waals surface area contributed by atoms with Gasteiger partial charge in [0.05, 0.1) is 12.0 Å². The molecule has 2 aromatic carbocycles. The average Bonchev–Trinajstić information content (AvgIpc) is 2.90. The Bertz CT molecular complexity index is 802. The molecule has 4 nitrogen and oxygen atoms in total. The molecular formula is C20H19NO3S. The van der Waals surface area contributed by atoms with Crippen LogP contribution in [0.25, 0.3) is 6.08 Å². The van der Waals surface area contributed by atoms with Gasteiger partial charge in [0.2, 0.25) is 0 Å². The van der Waals surface area contributed by atoms with Gasteiger partial charge in [0.1, 0.15) is 5.75 Å². The third-order valence-electron chi connectivity index (χ3n) is 3.96. The number of thioether (sulfide) groups is 1. The summed E-state index contributed by atoms with van der Waals surface area (Å²) in [5.41, 5.74) is 2.05. The molecule has 0 radical (unpaired) electrons. The lowest BCUT2D eigenvalue weighted by Crippen LogP contribution is -2.29. The quantitative estimate of drug-likeness (QED) is 0.724. The van der Waals surface area contributed by atoms with Crippen molar-refractivity contribution in [1.82, 2.24) is 4.90 Å². The monoisotopic (exact) mass is 353 g/mol. The van der Waals surface area contributed by atoms with Crippen molar-refractivity contribution >= 4 is 29.0 Å². The molecule has 128 valence electrons. The molecule has 1 saturated heterocycles. The molecule has 0 N–H and O–H groups in total. The summed E-state index contributed by atoms with van der Waals surface area (Å²) in [6, 6.07) is 17.5. The lowest BCUT2D eigenvalue weighted by molar-refractivity contribution is -0.122. The smallest absolute Gasteiger partial charge is 0.293 e. The Morgan fingerprint density at radius 2 is 1.88 bits per heavy atom. The van der Waals surface area contributed by atoms with E-state index in [2.05, 4.69) is 12.1 Å². The highest BCUT2D eigenvalue weighted by molar-refractivity contribution is 8.18. The van der Waals surface area contributed by atoms with Crippen molar-refractivity contribution in [1.29, 1.82) is 0 Å². The molecule has 2 aromatic rings. The third kappa shape index (κ3) is 4.31. The van der Waals surface area contributed by atoms with Crippen LogP contribution in [-0.2, 0) is 11.2 Å². The maximum Gasteiger partial charge on any atom is 0.293 e. The summed E-state index contributed by atoms with van der Waals surface area (Å²) in [5.74, 6) is 0.502. The number of rotatable bonds is 6. The standard InChI is InChI=1S/C20H19NO3S/c1-24-17-11-5-9-16(13-17)14-18-19(22)21(20(23)25-18)12-6-10-15-7-3-2-4-8-15/h2-5,7-9,11,13-14H,6,10,12H2,1H3/b18-14+. The van der Waals surface area contributed by atoms with Gasteiger partial charge in [-0.3, -0.25) is 14.5 Å². The first-order chi connectivity index (χ1) is 12.2. The fourth-order valence-corrected chi connectivity index (χ4v) is 3.53. The molecule has 1 aliphatic rings. The molecule has 25 heavy (non-hydrogen) atoms. The molecule has 1 heterocycles. The summed E-state index contributed by atoms with van der Waals surface area (Å²) in [5, 5.41) is -0.202. The highest BCUT2D eigenvalue weighted by Crippen LogP contribution is 2.32. The van der Waals surface area contributed by atoms with Crippen LogP contribution < -0.4 is 4.74 Å². The second kappa shape index (κ2) is 8.03. The predicted octanol–water partition coefficient (Wildman–Crippen LogP) is 4.36. The second-order valence-corrected chi connectivity index (χ2v) is 6.69. The lowest BCUT2D eigenvalue weighted by atomic mass is 10.1. The van der Waals surface area contributed by atoms with E-state index in [9.17, 15) is 9.59 Å². The van der Waals surface area contributed by atoms with Crippen LogP contribution in [0, 0.1) is 0 Å². The van der Waals surface area contributed by atoms with Crippen LogP contribution in [0.4, 0.5) is 4.79 Å². The normalized spacial score (nSPS) is 15.9. The summed E-state index contributed by atoms with van der Waals surface area (Å²) in [4.78, 5) is 26.4. The first-order valence-electron chi connectivity index (χ1n) is 8.11. The Labute approximate surface area is 151 Å². The number of nitrogens with zero attached hydrogens (tertiary/aromatic N) is 1. The first kappa shape index (κ1) is 17.3. The Morgan fingerprint density at radius 1 is 1.08 bits per heavy atom. The molecular weight excluding hydrogens is 334 g/mol. The van der Waals surface area contributed by atoms with Crippen molar-refractivity contribution in [3.63, 3.8) is 0 Å². The van der Waals surface area contributed by atoms with Crippen molar-refractivity contribution in [2.24, 2.45) is 0 Å². The van der Waals surface area contributed by atoms with E-state index >= 15 is 0 Å². The SMILES string of the molecule is COc1cccc(/C=C2/SC(=O)N(CCCc3ccccc3)C2=O)c1.